The van der Waals surface area contributed by atoms with E-state index < -0.39 is 17.9 Å². The molecule has 8 heteroatoms. The molecule has 0 saturated heterocycles. The molecule has 168 valence electrons. The van der Waals surface area contributed by atoms with Crippen molar-refractivity contribution in [2.45, 2.75) is 19.4 Å². The molecule has 33 heavy (non-hydrogen) atoms. The molecule has 0 unspecified atom stereocenters. The number of ketones is 1. The average molecular weight is 465 g/mol. The van der Waals surface area contributed by atoms with Gasteiger partial charge in [-0.05, 0) is 42.7 Å². The van der Waals surface area contributed by atoms with Gasteiger partial charge in [0, 0.05) is 16.3 Å². The van der Waals surface area contributed by atoms with Gasteiger partial charge in [-0.25, -0.2) is 0 Å². The molecule has 5 rings (SSSR count). The lowest BCUT2D eigenvalue weighted by Crippen LogP contribution is -2.40. The zero-order valence-corrected chi connectivity index (χ0v) is 18.7. The van der Waals surface area contributed by atoms with Crippen molar-refractivity contribution < 1.29 is 18.7 Å². The van der Waals surface area contributed by atoms with Gasteiger partial charge in [0.05, 0.1) is 35.5 Å². The minimum absolute atomic E-state index is 0.252. The Labute approximate surface area is 194 Å². The SMILES string of the molecule is COC(=O)[C@@H]1C(=O)C2=C(C[C@@H]1C)Nc1ccccc1N[C@@H]2c1coc2ccc(Cl)cc2c1=O. The summed E-state index contributed by atoms with van der Waals surface area (Å²) in [4.78, 5) is 39.7. The molecule has 0 fully saturated rings. The Morgan fingerprint density at radius 2 is 1.91 bits per heavy atom. The Morgan fingerprint density at radius 1 is 1.15 bits per heavy atom. The van der Waals surface area contributed by atoms with E-state index >= 15 is 0 Å². The summed E-state index contributed by atoms with van der Waals surface area (Å²) in [6, 6.07) is 11.5. The molecule has 1 aliphatic carbocycles. The number of ether oxygens (including phenoxy) is 1. The summed E-state index contributed by atoms with van der Waals surface area (Å²) in [5.74, 6) is -2.19. The Bertz CT molecular complexity index is 1390. The molecule has 1 aliphatic heterocycles. The molecule has 0 bridgehead atoms. The Kier molecular flexibility index (Phi) is 5.21. The molecule has 2 N–H and O–H groups in total. The van der Waals surface area contributed by atoms with Gasteiger partial charge in [-0.15, -0.1) is 0 Å². The number of esters is 1. The number of carbonyl (C=O) groups excluding carboxylic acids is 2. The summed E-state index contributed by atoms with van der Waals surface area (Å²) in [5, 5.41) is 7.41. The van der Waals surface area contributed by atoms with Gasteiger partial charge in [0.25, 0.3) is 0 Å². The number of nitrogens with one attached hydrogen (secondary N) is 2. The quantitative estimate of drug-likeness (QED) is 0.420. The third-order valence-corrected chi connectivity index (χ3v) is 6.53. The van der Waals surface area contributed by atoms with Crippen LogP contribution >= 0.6 is 11.6 Å². The van der Waals surface area contributed by atoms with Crippen LogP contribution in [-0.4, -0.2) is 18.9 Å². The van der Waals surface area contributed by atoms with Crippen LogP contribution in [0.1, 0.15) is 24.9 Å². The van der Waals surface area contributed by atoms with Crippen LogP contribution in [0.5, 0.6) is 0 Å². The molecule has 1 aromatic heterocycles. The Balaban J connectivity index is 1.74. The van der Waals surface area contributed by atoms with Crippen LogP contribution in [0.25, 0.3) is 11.0 Å². The number of para-hydroxylation sites is 2. The highest BCUT2D eigenvalue weighted by molar-refractivity contribution is 6.31. The van der Waals surface area contributed by atoms with Gasteiger partial charge in [-0.2, -0.15) is 0 Å². The van der Waals surface area contributed by atoms with Gasteiger partial charge in [-0.1, -0.05) is 30.7 Å². The van der Waals surface area contributed by atoms with Crippen molar-refractivity contribution in [2.24, 2.45) is 11.8 Å². The number of halogens is 1. The van der Waals surface area contributed by atoms with Crippen molar-refractivity contribution in [3.05, 3.63) is 80.8 Å². The molecule has 0 saturated carbocycles. The lowest BCUT2D eigenvalue weighted by Gasteiger charge is -2.32. The second-order valence-electron chi connectivity index (χ2n) is 8.35. The van der Waals surface area contributed by atoms with Crippen molar-refractivity contribution >= 4 is 45.7 Å². The fourth-order valence-corrected chi connectivity index (χ4v) is 4.86. The lowest BCUT2D eigenvalue weighted by molar-refractivity contribution is -0.151. The van der Waals surface area contributed by atoms with E-state index in [1.807, 2.05) is 31.2 Å². The maximum atomic E-state index is 13.7. The number of hydrogen-bond acceptors (Lipinski definition) is 7. The molecular weight excluding hydrogens is 444 g/mol. The topological polar surface area (TPSA) is 97.6 Å². The fourth-order valence-electron chi connectivity index (χ4n) is 4.68. The molecule has 0 radical (unpaired) electrons. The van der Waals surface area contributed by atoms with E-state index in [4.69, 9.17) is 20.8 Å². The average Bonchev–Trinajstić information content (AvgIpc) is 2.96. The third kappa shape index (κ3) is 3.49. The van der Waals surface area contributed by atoms with E-state index in [1.54, 1.807) is 18.2 Å². The predicted molar refractivity (Wildman–Crippen MR) is 125 cm³/mol. The van der Waals surface area contributed by atoms with E-state index in [9.17, 15) is 14.4 Å². The number of methoxy groups -OCH3 is 1. The van der Waals surface area contributed by atoms with E-state index in [0.29, 0.717) is 33.7 Å². The standard InChI is InChI=1S/C25H21ClN2O5/c1-12-9-18-21(24(30)20(12)25(31)32-2)22(28-17-6-4-3-5-16(17)27-18)15-11-33-19-8-7-13(26)10-14(19)23(15)29/h3-8,10-12,20,22,27-28H,9H2,1-2H3/t12-,20-,22+/m0/s1. The van der Waals surface area contributed by atoms with Crippen molar-refractivity contribution in [3.8, 4) is 0 Å². The molecule has 0 amide bonds. The highest BCUT2D eigenvalue weighted by Gasteiger charge is 2.45. The zero-order valence-electron chi connectivity index (χ0n) is 18.0. The van der Waals surface area contributed by atoms with Crippen LogP contribution in [0, 0.1) is 11.8 Å². The first kappa shape index (κ1) is 21.3. The van der Waals surface area contributed by atoms with Crippen LogP contribution < -0.4 is 16.1 Å². The van der Waals surface area contributed by atoms with Crippen molar-refractivity contribution in [1.82, 2.24) is 0 Å². The highest BCUT2D eigenvalue weighted by atomic mass is 35.5. The summed E-state index contributed by atoms with van der Waals surface area (Å²) in [6.45, 7) is 1.84. The van der Waals surface area contributed by atoms with Crippen LogP contribution in [0.3, 0.4) is 0 Å². The predicted octanol–water partition coefficient (Wildman–Crippen LogP) is 4.68. The van der Waals surface area contributed by atoms with Crippen molar-refractivity contribution in [1.29, 1.82) is 0 Å². The molecule has 2 aromatic carbocycles. The minimum atomic E-state index is -0.956. The van der Waals surface area contributed by atoms with E-state index in [0.717, 1.165) is 11.4 Å². The molecule has 2 heterocycles. The van der Waals surface area contributed by atoms with Gasteiger partial charge < -0.3 is 19.8 Å². The summed E-state index contributed by atoms with van der Waals surface area (Å²) in [5.41, 5.74) is 2.83. The maximum absolute atomic E-state index is 13.7. The van der Waals surface area contributed by atoms with Crippen molar-refractivity contribution in [2.75, 3.05) is 17.7 Å². The monoisotopic (exact) mass is 464 g/mol. The maximum Gasteiger partial charge on any atom is 0.316 e. The van der Waals surface area contributed by atoms with Gasteiger partial charge in [0.15, 0.2) is 11.2 Å². The number of carbonyl (C=O) groups is 2. The second-order valence-corrected chi connectivity index (χ2v) is 8.78. The van der Waals surface area contributed by atoms with E-state index in [2.05, 4.69) is 10.6 Å². The summed E-state index contributed by atoms with van der Waals surface area (Å²) in [7, 11) is 1.27. The second kappa shape index (κ2) is 8.08. The number of allylic oxidation sites excluding steroid dienone is 1. The number of fused-ring (bicyclic) bond motifs is 2. The van der Waals surface area contributed by atoms with E-state index in [-0.39, 0.29) is 22.7 Å². The molecule has 0 spiro atoms. The summed E-state index contributed by atoms with van der Waals surface area (Å²) >= 11 is 6.12. The molecule has 7 nitrogen and oxygen atoms in total. The number of rotatable bonds is 2. The number of Topliss-reactive ketones (excluding diaryl/α,β-unsaturated/α-hetero) is 1. The molecular formula is C25H21ClN2O5. The fraction of sp³-hybridized carbons (Fsp3) is 0.240. The Hall–Kier alpha value is -3.58. The molecule has 2 aliphatic rings. The summed E-state index contributed by atoms with van der Waals surface area (Å²) < 4.78 is 10.7. The molecule has 3 atom stereocenters. The molecule has 3 aromatic rings. The van der Waals surface area contributed by atoms with Gasteiger partial charge in [-0.3, -0.25) is 14.4 Å². The third-order valence-electron chi connectivity index (χ3n) is 6.30. The van der Waals surface area contributed by atoms with Crippen LogP contribution in [0.15, 0.2) is 69.2 Å². The van der Waals surface area contributed by atoms with Gasteiger partial charge in [0.2, 0.25) is 0 Å². The Morgan fingerprint density at radius 3 is 2.67 bits per heavy atom. The van der Waals surface area contributed by atoms with Gasteiger partial charge in [0.1, 0.15) is 17.8 Å². The zero-order chi connectivity index (χ0) is 23.3. The first-order valence-corrected chi connectivity index (χ1v) is 11.0. The summed E-state index contributed by atoms with van der Waals surface area (Å²) in [6.07, 6.45) is 1.81. The van der Waals surface area contributed by atoms with Gasteiger partial charge >= 0.3 is 5.97 Å². The smallest absolute Gasteiger partial charge is 0.316 e. The highest BCUT2D eigenvalue weighted by Crippen LogP contribution is 2.43. The normalized spacial score (nSPS) is 22.0. The van der Waals surface area contributed by atoms with E-state index in [1.165, 1.54) is 13.4 Å². The van der Waals surface area contributed by atoms with Crippen LogP contribution in [-0.2, 0) is 14.3 Å². The van der Waals surface area contributed by atoms with Crippen molar-refractivity contribution in [3.63, 3.8) is 0 Å². The first-order chi connectivity index (χ1) is 15.9. The number of benzene rings is 2. The minimum Gasteiger partial charge on any atom is -0.468 e. The first-order valence-electron chi connectivity index (χ1n) is 10.6. The largest absolute Gasteiger partial charge is 0.468 e. The van der Waals surface area contributed by atoms with Crippen LogP contribution in [0.4, 0.5) is 11.4 Å². The lowest BCUT2D eigenvalue weighted by atomic mass is 9.75. The van der Waals surface area contributed by atoms with Crippen LogP contribution in [0.2, 0.25) is 5.02 Å². The number of hydrogen-bond donors (Lipinski definition) is 2. The number of anilines is 2.